The Morgan fingerprint density at radius 3 is 2.73 bits per heavy atom. The summed E-state index contributed by atoms with van der Waals surface area (Å²) in [6, 6.07) is 0. The van der Waals surface area contributed by atoms with Crippen molar-refractivity contribution < 1.29 is 4.79 Å². The summed E-state index contributed by atoms with van der Waals surface area (Å²) in [5.41, 5.74) is 0. The van der Waals surface area contributed by atoms with Gasteiger partial charge < -0.3 is 14.0 Å². The van der Waals surface area contributed by atoms with Crippen LogP contribution in [0.25, 0.3) is 0 Å². The molecule has 7 nitrogen and oxygen atoms in total. The molecule has 1 amide bonds. The van der Waals surface area contributed by atoms with Crippen LogP contribution in [0.2, 0.25) is 0 Å². The van der Waals surface area contributed by atoms with E-state index in [4.69, 9.17) is 0 Å². The number of nitrogens with zero attached hydrogens (tertiary/aromatic N) is 6. The van der Waals surface area contributed by atoms with E-state index in [9.17, 15) is 4.79 Å². The highest BCUT2D eigenvalue weighted by Crippen LogP contribution is 2.31. The molecule has 2 fully saturated rings. The highest BCUT2D eigenvalue weighted by atomic mass is 16.2. The van der Waals surface area contributed by atoms with Crippen molar-refractivity contribution in [3.05, 3.63) is 29.9 Å². The van der Waals surface area contributed by atoms with Crippen LogP contribution in [-0.2, 0) is 18.4 Å². The van der Waals surface area contributed by atoms with Gasteiger partial charge in [0.15, 0.2) is 5.82 Å². The highest BCUT2D eigenvalue weighted by Gasteiger charge is 2.32. The predicted molar refractivity (Wildman–Crippen MR) is 97.6 cm³/mol. The number of likely N-dealkylation sites (tertiary alicyclic amines) is 1. The van der Waals surface area contributed by atoms with E-state index in [1.807, 2.05) is 20.2 Å². The number of aromatic nitrogens is 5. The summed E-state index contributed by atoms with van der Waals surface area (Å²) in [5.74, 6) is 3.81. The number of hydrogen-bond donors (Lipinski definition) is 0. The second-order valence-corrected chi connectivity index (χ2v) is 7.74. The van der Waals surface area contributed by atoms with Gasteiger partial charge in [0.25, 0.3) is 0 Å². The fourth-order valence-corrected chi connectivity index (χ4v) is 4.41. The van der Waals surface area contributed by atoms with E-state index < -0.39 is 0 Å². The van der Waals surface area contributed by atoms with Gasteiger partial charge in [0.05, 0.1) is 6.54 Å². The predicted octanol–water partition coefficient (Wildman–Crippen LogP) is 2.26. The number of hydrogen-bond acceptors (Lipinski definition) is 4. The van der Waals surface area contributed by atoms with E-state index in [0.29, 0.717) is 12.5 Å². The van der Waals surface area contributed by atoms with Gasteiger partial charge in [-0.3, -0.25) is 4.79 Å². The quantitative estimate of drug-likeness (QED) is 0.843. The van der Waals surface area contributed by atoms with Gasteiger partial charge in [-0.2, -0.15) is 0 Å². The van der Waals surface area contributed by atoms with E-state index in [-0.39, 0.29) is 11.8 Å². The molecule has 2 aromatic heterocycles. The first-order chi connectivity index (χ1) is 12.6. The third-order valence-corrected chi connectivity index (χ3v) is 6.04. The Labute approximate surface area is 154 Å². The molecule has 2 aromatic rings. The van der Waals surface area contributed by atoms with Crippen molar-refractivity contribution in [2.45, 2.75) is 57.9 Å². The van der Waals surface area contributed by atoms with Gasteiger partial charge in [-0.05, 0) is 32.6 Å². The van der Waals surface area contributed by atoms with Crippen molar-refractivity contribution in [1.29, 1.82) is 0 Å². The molecule has 0 spiro atoms. The van der Waals surface area contributed by atoms with Crippen LogP contribution in [0.1, 0.15) is 61.9 Å². The minimum atomic E-state index is 0.257. The van der Waals surface area contributed by atoms with E-state index in [0.717, 1.165) is 56.2 Å². The Morgan fingerprint density at radius 2 is 2.00 bits per heavy atom. The molecule has 0 N–H and O–H groups in total. The molecule has 0 unspecified atom stereocenters. The molecule has 1 saturated carbocycles. The largest absolute Gasteiger partial charge is 0.342 e. The summed E-state index contributed by atoms with van der Waals surface area (Å²) < 4.78 is 4.18. The van der Waals surface area contributed by atoms with Crippen LogP contribution in [0.3, 0.4) is 0 Å². The molecule has 2 aliphatic rings. The number of imidazole rings is 1. The molecule has 1 aliphatic heterocycles. The lowest BCUT2D eigenvalue weighted by molar-refractivity contribution is -0.136. The topological polar surface area (TPSA) is 68.8 Å². The third kappa shape index (κ3) is 3.27. The number of carbonyl (C=O) groups excluding carboxylic acids is 1. The highest BCUT2D eigenvalue weighted by molar-refractivity contribution is 5.79. The van der Waals surface area contributed by atoms with E-state index >= 15 is 0 Å². The molecule has 1 atom stereocenters. The minimum absolute atomic E-state index is 0.257. The van der Waals surface area contributed by atoms with Crippen molar-refractivity contribution in [3.8, 4) is 0 Å². The zero-order chi connectivity index (χ0) is 18.1. The maximum absolute atomic E-state index is 12.8. The molecule has 4 rings (SSSR count). The van der Waals surface area contributed by atoms with E-state index in [1.165, 1.54) is 12.8 Å². The lowest BCUT2D eigenvalue weighted by atomic mass is 9.95. The van der Waals surface area contributed by atoms with Crippen LogP contribution in [0, 0.1) is 12.8 Å². The Hall–Kier alpha value is -2.18. The molecule has 0 aromatic carbocycles. The van der Waals surface area contributed by atoms with Gasteiger partial charge in [0.2, 0.25) is 5.91 Å². The number of amides is 1. The second kappa shape index (κ2) is 7.21. The number of rotatable bonds is 4. The zero-order valence-electron chi connectivity index (χ0n) is 15.8. The molecular formula is C19H28N6O. The Balaban J connectivity index is 1.47. The average molecular weight is 356 g/mol. The first-order valence-corrected chi connectivity index (χ1v) is 9.78. The van der Waals surface area contributed by atoms with Crippen LogP contribution in [0.5, 0.6) is 0 Å². The van der Waals surface area contributed by atoms with Crippen molar-refractivity contribution in [2.75, 3.05) is 13.1 Å². The van der Waals surface area contributed by atoms with Gasteiger partial charge in [0.1, 0.15) is 11.6 Å². The first kappa shape index (κ1) is 17.2. The SMILES string of the molecule is Cc1nccn1Cc1nnc([C@H]2CCCN(C(=O)C3CCCC3)C2)n1C. The lowest BCUT2D eigenvalue weighted by Gasteiger charge is -2.34. The Kier molecular flexibility index (Phi) is 4.78. The van der Waals surface area contributed by atoms with Gasteiger partial charge in [-0.25, -0.2) is 4.98 Å². The standard InChI is InChI=1S/C19H28N6O/c1-14-20-9-11-24(14)13-17-21-22-18(23(17)2)16-8-5-10-25(12-16)19(26)15-6-3-4-7-15/h9,11,15-16H,3-8,10,12-13H2,1-2H3/t16-/m0/s1. The van der Waals surface area contributed by atoms with Gasteiger partial charge in [0, 0.05) is 44.4 Å². The molecule has 26 heavy (non-hydrogen) atoms. The third-order valence-electron chi connectivity index (χ3n) is 6.04. The maximum atomic E-state index is 12.8. The number of aryl methyl sites for hydroxylation is 1. The fraction of sp³-hybridized carbons (Fsp3) is 0.684. The van der Waals surface area contributed by atoms with E-state index in [2.05, 4.69) is 29.2 Å². The van der Waals surface area contributed by atoms with Crippen LogP contribution >= 0.6 is 0 Å². The summed E-state index contributed by atoms with van der Waals surface area (Å²) in [6.07, 6.45) is 10.4. The maximum Gasteiger partial charge on any atom is 0.225 e. The minimum Gasteiger partial charge on any atom is -0.342 e. The monoisotopic (exact) mass is 356 g/mol. The summed E-state index contributed by atoms with van der Waals surface area (Å²) in [6.45, 7) is 4.34. The molecule has 1 saturated heterocycles. The zero-order valence-corrected chi connectivity index (χ0v) is 15.8. The summed E-state index contributed by atoms with van der Waals surface area (Å²) in [5, 5.41) is 8.90. The van der Waals surface area contributed by atoms with Crippen molar-refractivity contribution >= 4 is 5.91 Å². The lowest BCUT2D eigenvalue weighted by Crippen LogP contribution is -2.42. The Morgan fingerprint density at radius 1 is 1.19 bits per heavy atom. The molecule has 7 heteroatoms. The average Bonchev–Trinajstić information content (AvgIpc) is 3.39. The summed E-state index contributed by atoms with van der Waals surface area (Å²) in [7, 11) is 2.04. The number of carbonyl (C=O) groups is 1. The molecule has 0 radical (unpaired) electrons. The smallest absolute Gasteiger partial charge is 0.225 e. The molecule has 140 valence electrons. The van der Waals surface area contributed by atoms with Crippen molar-refractivity contribution in [1.82, 2.24) is 29.2 Å². The normalized spacial score (nSPS) is 21.5. The molecular weight excluding hydrogens is 328 g/mol. The molecule has 0 bridgehead atoms. The Bertz CT molecular complexity index is 773. The fourth-order valence-electron chi connectivity index (χ4n) is 4.41. The van der Waals surface area contributed by atoms with Crippen LogP contribution in [-0.4, -0.2) is 48.2 Å². The number of piperidine rings is 1. The van der Waals surface area contributed by atoms with Crippen LogP contribution in [0.15, 0.2) is 12.4 Å². The van der Waals surface area contributed by atoms with Gasteiger partial charge >= 0.3 is 0 Å². The summed E-state index contributed by atoms with van der Waals surface area (Å²) >= 11 is 0. The van der Waals surface area contributed by atoms with Gasteiger partial charge in [-0.1, -0.05) is 12.8 Å². The summed E-state index contributed by atoms with van der Waals surface area (Å²) in [4.78, 5) is 19.1. The first-order valence-electron chi connectivity index (χ1n) is 9.78. The second-order valence-electron chi connectivity index (χ2n) is 7.74. The van der Waals surface area contributed by atoms with Crippen molar-refractivity contribution in [3.63, 3.8) is 0 Å². The molecule has 1 aliphatic carbocycles. The van der Waals surface area contributed by atoms with Crippen LogP contribution in [0.4, 0.5) is 0 Å². The van der Waals surface area contributed by atoms with Crippen molar-refractivity contribution in [2.24, 2.45) is 13.0 Å². The molecule has 3 heterocycles. The van der Waals surface area contributed by atoms with Gasteiger partial charge in [-0.15, -0.1) is 10.2 Å². The van der Waals surface area contributed by atoms with Crippen LogP contribution < -0.4 is 0 Å². The van der Waals surface area contributed by atoms with E-state index in [1.54, 1.807) is 6.20 Å².